The maximum absolute atomic E-state index is 12.7. The quantitative estimate of drug-likeness (QED) is 0.730. The zero-order valence-electron chi connectivity index (χ0n) is 14.2. The molecule has 0 aromatic heterocycles. The zero-order valence-corrected chi connectivity index (χ0v) is 15.1. The summed E-state index contributed by atoms with van der Waals surface area (Å²) in [6.45, 7) is 3.26. The minimum absolute atomic E-state index is 0.264. The first-order valence-electron chi connectivity index (χ1n) is 8.30. The van der Waals surface area contributed by atoms with Gasteiger partial charge in [-0.05, 0) is 32.5 Å². The molecule has 1 aromatic rings. The molecule has 4 nitrogen and oxygen atoms in total. The van der Waals surface area contributed by atoms with E-state index in [0.29, 0.717) is 11.8 Å². The summed E-state index contributed by atoms with van der Waals surface area (Å²) >= 11 is 1.70. The summed E-state index contributed by atoms with van der Waals surface area (Å²) in [4.78, 5) is 16.9. The Bertz CT molecular complexity index is 461. The smallest absolute Gasteiger partial charge is 0.232 e. The molecule has 0 bridgehead atoms. The van der Waals surface area contributed by atoms with Gasteiger partial charge in [0.05, 0.1) is 5.75 Å². The molecule has 5 heteroatoms. The predicted octanol–water partition coefficient (Wildman–Crippen LogP) is 2.49. The van der Waals surface area contributed by atoms with Crippen molar-refractivity contribution in [2.75, 3.05) is 46.2 Å². The van der Waals surface area contributed by atoms with Crippen LogP contribution in [0, 0.1) is 0 Å². The monoisotopic (exact) mass is 336 g/mol. The summed E-state index contributed by atoms with van der Waals surface area (Å²) in [5.74, 6) is 1.71. The summed E-state index contributed by atoms with van der Waals surface area (Å²) in [6, 6.07) is 10.7. The average molecular weight is 337 g/mol. The van der Waals surface area contributed by atoms with Gasteiger partial charge in [0.1, 0.15) is 0 Å². The highest BCUT2D eigenvalue weighted by Crippen LogP contribution is 2.18. The Hall–Kier alpha value is -1.04. The molecular weight excluding hydrogens is 308 g/mol. The van der Waals surface area contributed by atoms with Crippen LogP contribution in [0.25, 0.3) is 0 Å². The summed E-state index contributed by atoms with van der Waals surface area (Å²) in [7, 11) is 4.10. The standard InChI is InChI=1S/C18H28N2O2S/c1-19(2)10-11-20(17-8-12-22-13-9-17)18(21)15-23-14-16-6-4-3-5-7-16/h3-7,17H,8-15H2,1-2H3. The van der Waals surface area contributed by atoms with Gasteiger partial charge in [-0.2, -0.15) is 0 Å². The van der Waals surface area contributed by atoms with Gasteiger partial charge in [-0.25, -0.2) is 0 Å². The topological polar surface area (TPSA) is 32.8 Å². The Morgan fingerprint density at radius 2 is 1.87 bits per heavy atom. The number of hydrogen-bond donors (Lipinski definition) is 0. The molecule has 1 heterocycles. The summed E-state index contributed by atoms with van der Waals surface area (Å²) in [5.41, 5.74) is 1.27. The molecule has 1 aliphatic rings. The highest BCUT2D eigenvalue weighted by atomic mass is 32.2. The van der Waals surface area contributed by atoms with Crippen molar-refractivity contribution >= 4 is 17.7 Å². The van der Waals surface area contributed by atoms with Crippen molar-refractivity contribution in [3.8, 4) is 0 Å². The Balaban J connectivity index is 1.84. The number of likely N-dealkylation sites (N-methyl/N-ethyl adjacent to an activating group) is 1. The molecule has 1 aromatic carbocycles. The van der Waals surface area contributed by atoms with Gasteiger partial charge < -0.3 is 14.5 Å². The third kappa shape index (κ3) is 6.53. The molecule has 0 aliphatic carbocycles. The van der Waals surface area contributed by atoms with Gasteiger partial charge in [0.25, 0.3) is 0 Å². The van der Waals surface area contributed by atoms with Gasteiger partial charge in [0.2, 0.25) is 5.91 Å². The van der Waals surface area contributed by atoms with Crippen LogP contribution in [-0.4, -0.2) is 67.9 Å². The van der Waals surface area contributed by atoms with E-state index in [9.17, 15) is 4.79 Å². The van der Waals surface area contributed by atoms with Gasteiger partial charge in [-0.1, -0.05) is 30.3 Å². The molecule has 0 radical (unpaired) electrons. The van der Waals surface area contributed by atoms with E-state index in [1.54, 1.807) is 11.8 Å². The van der Waals surface area contributed by atoms with Crippen LogP contribution in [0.2, 0.25) is 0 Å². The molecule has 1 fully saturated rings. The normalized spacial score (nSPS) is 15.8. The average Bonchev–Trinajstić information content (AvgIpc) is 2.57. The fourth-order valence-electron chi connectivity index (χ4n) is 2.73. The van der Waals surface area contributed by atoms with Crippen molar-refractivity contribution in [1.82, 2.24) is 9.80 Å². The number of thioether (sulfide) groups is 1. The third-order valence-corrected chi connectivity index (χ3v) is 5.07. The first-order valence-corrected chi connectivity index (χ1v) is 9.46. The Morgan fingerprint density at radius 1 is 1.17 bits per heavy atom. The molecule has 128 valence electrons. The van der Waals surface area contributed by atoms with E-state index in [1.807, 2.05) is 18.2 Å². The second kappa shape index (κ2) is 9.96. The van der Waals surface area contributed by atoms with E-state index in [-0.39, 0.29) is 5.91 Å². The molecule has 0 spiro atoms. The maximum Gasteiger partial charge on any atom is 0.232 e. The van der Waals surface area contributed by atoms with E-state index in [1.165, 1.54) is 5.56 Å². The number of ether oxygens (including phenoxy) is 1. The lowest BCUT2D eigenvalue weighted by atomic mass is 10.1. The molecule has 1 aliphatic heterocycles. The summed E-state index contributed by atoms with van der Waals surface area (Å²) in [5, 5.41) is 0. The first-order chi connectivity index (χ1) is 11.2. The van der Waals surface area contributed by atoms with Crippen molar-refractivity contribution in [3.05, 3.63) is 35.9 Å². The van der Waals surface area contributed by atoms with E-state index < -0.39 is 0 Å². The largest absolute Gasteiger partial charge is 0.381 e. The van der Waals surface area contributed by atoms with Crippen molar-refractivity contribution < 1.29 is 9.53 Å². The number of rotatable bonds is 8. The maximum atomic E-state index is 12.7. The number of hydrogen-bond acceptors (Lipinski definition) is 4. The van der Waals surface area contributed by atoms with Crippen LogP contribution in [-0.2, 0) is 15.3 Å². The molecule has 1 amide bonds. The lowest BCUT2D eigenvalue weighted by Gasteiger charge is -2.35. The van der Waals surface area contributed by atoms with E-state index >= 15 is 0 Å². The lowest BCUT2D eigenvalue weighted by Crippen LogP contribution is -2.47. The van der Waals surface area contributed by atoms with Crippen LogP contribution in [0.15, 0.2) is 30.3 Å². The molecule has 2 rings (SSSR count). The van der Waals surface area contributed by atoms with E-state index in [0.717, 1.165) is 44.9 Å². The number of benzene rings is 1. The fraction of sp³-hybridized carbons (Fsp3) is 0.611. The zero-order chi connectivity index (χ0) is 16.5. The summed E-state index contributed by atoms with van der Waals surface area (Å²) < 4.78 is 5.44. The first kappa shape index (κ1) is 18.3. The number of carbonyl (C=O) groups is 1. The van der Waals surface area contributed by atoms with Crippen molar-refractivity contribution in [3.63, 3.8) is 0 Å². The van der Waals surface area contributed by atoms with Crippen LogP contribution in [0.5, 0.6) is 0 Å². The minimum Gasteiger partial charge on any atom is -0.381 e. The number of nitrogens with zero attached hydrogens (tertiary/aromatic N) is 2. The van der Waals surface area contributed by atoms with Crippen molar-refractivity contribution in [2.45, 2.75) is 24.6 Å². The molecule has 0 N–H and O–H groups in total. The van der Waals surface area contributed by atoms with Crippen LogP contribution in [0.4, 0.5) is 0 Å². The van der Waals surface area contributed by atoms with Crippen LogP contribution < -0.4 is 0 Å². The third-order valence-electron chi connectivity index (χ3n) is 4.08. The number of carbonyl (C=O) groups excluding carboxylic acids is 1. The van der Waals surface area contributed by atoms with Gasteiger partial charge in [0.15, 0.2) is 0 Å². The Labute approximate surface area is 144 Å². The molecule has 1 saturated heterocycles. The predicted molar refractivity (Wildman–Crippen MR) is 96.7 cm³/mol. The highest BCUT2D eigenvalue weighted by Gasteiger charge is 2.25. The van der Waals surface area contributed by atoms with Crippen LogP contribution >= 0.6 is 11.8 Å². The molecular formula is C18H28N2O2S. The van der Waals surface area contributed by atoms with Gasteiger partial charge in [0, 0.05) is 38.1 Å². The summed E-state index contributed by atoms with van der Waals surface area (Å²) in [6.07, 6.45) is 1.92. The SMILES string of the molecule is CN(C)CCN(C(=O)CSCc1ccccc1)C1CCOCC1. The van der Waals surface area contributed by atoms with Gasteiger partial charge in [-0.15, -0.1) is 11.8 Å². The van der Waals surface area contributed by atoms with Gasteiger partial charge >= 0.3 is 0 Å². The van der Waals surface area contributed by atoms with E-state index in [4.69, 9.17) is 4.74 Å². The van der Waals surface area contributed by atoms with Crippen LogP contribution in [0.1, 0.15) is 18.4 Å². The van der Waals surface area contributed by atoms with Crippen molar-refractivity contribution in [1.29, 1.82) is 0 Å². The molecule has 23 heavy (non-hydrogen) atoms. The highest BCUT2D eigenvalue weighted by molar-refractivity contribution is 7.99. The van der Waals surface area contributed by atoms with Crippen molar-refractivity contribution in [2.24, 2.45) is 0 Å². The molecule has 0 saturated carbocycles. The minimum atomic E-state index is 0.264. The number of amides is 1. The lowest BCUT2D eigenvalue weighted by molar-refractivity contribution is -0.132. The second-order valence-electron chi connectivity index (χ2n) is 6.21. The second-order valence-corrected chi connectivity index (χ2v) is 7.20. The molecule has 0 unspecified atom stereocenters. The van der Waals surface area contributed by atoms with E-state index in [2.05, 4.69) is 36.0 Å². The fourth-order valence-corrected chi connectivity index (χ4v) is 3.60. The van der Waals surface area contributed by atoms with Gasteiger partial charge in [-0.3, -0.25) is 4.79 Å². The Morgan fingerprint density at radius 3 is 2.52 bits per heavy atom. The molecule has 0 atom stereocenters. The Kier molecular flexibility index (Phi) is 7.92. The van der Waals surface area contributed by atoms with Crippen LogP contribution in [0.3, 0.4) is 0 Å².